The lowest BCUT2D eigenvalue weighted by Crippen LogP contribution is -2.30. The van der Waals surface area contributed by atoms with Crippen molar-refractivity contribution in [2.75, 3.05) is 19.6 Å². The Morgan fingerprint density at radius 1 is 1.38 bits per heavy atom. The fourth-order valence-electron chi connectivity index (χ4n) is 3.03. The standard InChI is InChI=1S/C18H23ClN4O/c19-16-6-2-1-4-14(16)7-10-21-18(24)13-23-11-8-17(22-23)15-5-3-9-20-12-15/h1-2,4,6,8,11,15,20H,3,5,7,9-10,12-13H2,(H,21,24)/t15-/m1/s1. The Kier molecular flexibility index (Phi) is 5.88. The van der Waals surface area contributed by atoms with Crippen molar-refractivity contribution in [3.8, 4) is 0 Å². The lowest BCUT2D eigenvalue weighted by atomic mass is 9.97. The number of amides is 1. The Morgan fingerprint density at radius 2 is 2.25 bits per heavy atom. The summed E-state index contributed by atoms with van der Waals surface area (Å²) in [7, 11) is 0. The second-order valence-corrected chi connectivity index (χ2v) is 6.58. The van der Waals surface area contributed by atoms with Crippen LogP contribution in [0.2, 0.25) is 5.02 Å². The lowest BCUT2D eigenvalue weighted by Gasteiger charge is -2.20. The molecule has 0 saturated carbocycles. The van der Waals surface area contributed by atoms with Gasteiger partial charge in [0.1, 0.15) is 6.54 Å². The molecule has 1 aromatic carbocycles. The van der Waals surface area contributed by atoms with E-state index in [1.807, 2.05) is 36.5 Å². The quantitative estimate of drug-likeness (QED) is 0.844. The molecule has 24 heavy (non-hydrogen) atoms. The number of carbonyl (C=O) groups is 1. The van der Waals surface area contributed by atoms with Gasteiger partial charge in [0.05, 0.1) is 5.69 Å². The summed E-state index contributed by atoms with van der Waals surface area (Å²) in [4.78, 5) is 12.1. The van der Waals surface area contributed by atoms with E-state index in [9.17, 15) is 4.79 Å². The number of halogens is 1. The van der Waals surface area contributed by atoms with E-state index >= 15 is 0 Å². The number of piperidine rings is 1. The number of nitrogens with one attached hydrogen (secondary N) is 2. The molecule has 1 aliphatic rings. The molecule has 0 unspecified atom stereocenters. The first-order valence-electron chi connectivity index (χ1n) is 8.46. The molecule has 1 fully saturated rings. The fraction of sp³-hybridized carbons (Fsp3) is 0.444. The van der Waals surface area contributed by atoms with Crippen LogP contribution >= 0.6 is 11.6 Å². The lowest BCUT2D eigenvalue weighted by molar-refractivity contribution is -0.121. The molecule has 0 radical (unpaired) electrons. The molecule has 1 atom stereocenters. The van der Waals surface area contributed by atoms with Gasteiger partial charge < -0.3 is 10.6 Å². The van der Waals surface area contributed by atoms with E-state index in [2.05, 4.69) is 15.7 Å². The van der Waals surface area contributed by atoms with Gasteiger partial charge >= 0.3 is 0 Å². The minimum Gasteiger partial charge on any atom is -0.354 e. The van der Waals surface area contributed by atoms with Gasteiger partial charge in [-0.1, -0.05) is 29.8 Å². The summed E-state index contributed by atoms with van der Waals surface area (Å²) in [5.41, 5.74) is 2.12. The second kappa shape index (κ2) is 8.31. The van der Waals surface area contributed by atoms with Crippen LogP contribution in [0.25, 0.3) is 0 Å². The second-order valence-electron chi connectivity index (χ2n) is 6.17. The summed E-state index contributed by atoms with van der Waals surface area (Å²) < 4.78 is 1.72. The first-order valence-corrected chi connectivity index (χ1v) is 8.84. The highest BCUT2D eigenvalue weighted by Gasteiger charge is 2.17. The molecule has 128 valence electrons. The molecular formula is C18H23ClN4O. The number of hydrogen-bond donors (Lipinski definition) is 2. The molecule has 1 saturated heterocycles. The summed E-state index contributed by atoms with van der Waals surface area (Å²) >= 11 is 6.11. The molecule has 2 N–H and O–H groups in total. The molecule has 1 aromatic heterocycles. The van der Waals surface area contributed by atoms with Gasteiger partial charge in [-0.25, -0.2) is 0 Å². The highest BCUT2D eigenvalue weighted by Crippen LogP contribution is 2.21. The van der Waals surface area contributed by atoms with Crippen molar-refractivity contribution in [3.63, 3.8) is 0 Å². The largest absolute Gasteiger partial charge is 0.354 e. The van der Waals surface area contributed by atoms with Crippen molar-refractivity contribution in [1.82, 2.24) is 20.4 Å². The maximum atomic E-state index is 12.1. The Morgan fingerprint density at radius 3 is 3.04 bits per heavy atom. The first kappa shape index (κ1) is 17.0. The van der Waals surface area contributed by atoms with E-state index < -0.39 is 0 Å². The third-order valence-corrected chi connectivity index (χ3v) is 4.73. The van der Waals surface area contributed by atoms with E-state index in [0.717, 1.165) is 42.2 Å². The number of carbonyl (C=O) groups excluding carboxylic acids is 1. The van der Waals surface area contributed by atoms with Crippen LogP contribution < -0.4 is 10.6 Å². The topological polar surface area (TPSA) is 59.0 Å². The average molecular weight is 347 g/mol. The normalized spacial score (nSPS) is 17.6. The van der Waals surface area contributed by atoms with Crippen molar-refractivity contribution in [3.05, 3.63) is 52.8 Å². The predicted octanol–water partition coefficient (Wildman–Crippen LogP) is 2.36. The van der Waals surface area contributed by atoms with Crippen LogP contribution in [0.4, 0.5) is 0 Å². The van der Waals surface area contributed by atoms with Crippen molar-refractivity contribution in [2.45, 2.75) is 31.7 Å². The SMILES string of the molecule is O=C(Cn1ccc([C@@H]2CCCNC2)n1)NCCc1ccccc1Cl. The van der Waals surface area contributed by atoms with Crippen LogP contribution in [0.3, 0.4) is 0 Å². The van der Waals surface area contributed by atoms with E-state index in [1.54, 1.807) is 4.68 Å². The van der Waals surface area contributed by atoms with Crippen LogP contribution in [0.1, 0.15) is 30.0 Å². The van der Waals surface area contributed by atoms with Crippen LogP contribution in [0, 0.1) is 0 Å². The zero-order valence-electron chi connectivity index (χ0n) is 13.7. The first-order chi connectivity index (χ1) is 11.7. The molecule has 2 heterocycles. The molecule has 2 aromatic rings. The van der Waals surface area contributed by atoms with Gasteiger partial charge in [0.2, 0.25) is 5.91 Å². The third-order valence-electron chi connectivity index (χ3n) is 4.36. The molecule has 3 rings (SSSR count). The molecule has 5 nitrogen and oxygen atoms in total. The van der Waals surface area contributed by atoms with E-state index in [-0.39, 0.29) is 12.5 Å². The minimum atomic E-state index is -0.0292. The number of rotatable bonds is 6. The van der Waals surface area contributed by atoms with E-state index in [0.29, 0.717) is 12.5 Å². The average Bonchev–Trinajstić information content (AvgIpc) is 3.06. The Bertz CT molecular complexity index is 679. The van der Waals surface area contributed by atoms with E-state index in [1.165, 1.54) is 6.42 Å². The molecule has 0 spiro atoms. The molecule has 6 heteroatoms. The van der Waals surface area contributed by atoms with Gasteiger partial charge in [-0.15, -0.1) is 0 Å². The smallest absolute Gasteiger partial charge is 0.241 e. The maximum absolute atomic E-state index is 12.1. The summed E-state index contributed by atoms with van der Waals surface area (Å²) in [6, 6.07) is 9.72. The maximum Gasteiger partial charge on any atom is 0.241 e. The fourth-order valence-corrected chi connectivity index (χ4v) is 3.26. The van der Waals surface area contributed by atoms with Crippen LogP contribution in [-0.4, -0.2) is 35.3 Å². The highest BCUT2D eigenvalue weighted by molar-refractivity contribution is 6.31. The van der Waals surface area contributed by atoms with Gasteiger partial charge in [-0.2, -0.15) is 5.10 Å². The molecule has 1 aliphatic heterocycles. The molecule has 0 bridgehead atoms. The van der Waals surface area contributed by atoms with Gasteiger partial charge in [0.15, 0.2) is 0 Å². The van der Waals surface area contributed by atoms with E-state index in [4.69, 9.17) is 11.6 Å². The van der Waals surface area contributed by atoms with Crippen LogP contribution in [-0.2, 0) is 17.8 Å². The Labute approximate surface area is 147 Å². The van der Waals surface area contributed by atoms with Crippen molar-refractivity contribution in [1.29, 1.82) is 0 Å². The molecular weight excluding hydrogens is 324 g/mol. The summed E-state index contributed by atoms with van der Waals surface area (Å²) in [5, 5.41) is 11.6. The zero-order valence-corrected chi connectivity index (χ0v) is 14.4. The summed E-state index contributed by atoms with van der Waals surface area (Å²) in [6.07, 6.45) is 4.95. The number of aromatic nitrogens is 2. The minimum absolute atomic E-state index is 0.0292. The monoisotopic (exact) mass is 346 g/mol. The van der Waals surface area contributed by atoms with Gasteiger partial charge in [0.25, 0.3) is 0 Å². The van der Waals surface area contributed by atoms with Crippen LogP contribution in [0.15, 0.2) is 36.5 Å². The molecule has 0 aliphatic carbocycles. The number of benzene rings is 1. The Balaban J connectivity index is 1.45. The Hall–Kier alpha value is -1.85. The van der Waals surface area contributed by atoms with Gasteiger partial charge in [-0.05, 0) is 43.5 Å². The third kappa shape index (κ3) is 4.58. The van der Waals surface area contributed by atoms with Crippen molar-refractivity contribution >= 4 is 17.5 Å². The highest BCUT2D eigenvalue weighted by atomic mass is 35.5. The van der Waals surface area contributed by atoms with Crippen LogP contribution in [0.5, 0.6) is 0 Å². The van der Waals surface area contributed by atoms with Gasteiger partial charge in [0, 0.05) is 30.2 Å². The number of nitrogens with zero attached hydrogens (tertiary/aromatic N) is 2. The summed E-state index contributed by atoms with van der Waals surface area (Å²) in [5.74, 6) is 0.432. The predicted molar refractivity (Wildman–Crippen MR) is 95.2 cm³/mol. The zero-order chi connectivity index (χ0) is 16.8. The number of hydrogen-bond acceptors (Lipinski definition) is 3. The van der Waals surface area contributed by atoms with Gasteiger partial charge in [-0.3, -0.25) is 9.48 Å². The van der Waals surface area contributed by atoms with Crippen molar-refractivity contribution in [2.24, 2.45) is 0 Å². The molecule has 1 amide bonds. The summed E-state index contributed by atoms with van der Waals surface area (Å²) in [6.45, 7) is 2.89. The van der Waals surface area contributed by atoms with Crippen molar-refractivity contribution < 1.29 is 4.79 Å².